The van der Waals surface area contributed by atoms with Crippen molar-refractivity contribution in [2.75, 3.05) is 12.1 Å². The number of para-hydroxylation sites is 1. The van der Waals surface area contributed by atoms with Crippen LogP contribution in [0.25, 0.3) is 0 Å². The van der Waals surface area contributed by atoms with Crippen LogP contribution in [0.5, 0.6) is 5.75 Å². The van der Waals surface area contributed by atoms with Gasteiger partial charge in [-0.1, -0.05) is 12.1 Å². The van der Waals surface area contributed by atoms with Crippen molar-refractivity contribution in [2.24, 2.45) is 5.10 Å². The van der Waals surface area contributed by atoms with E-state index >= 15 is 0 Å². The number of aliphatic hydroxyl groups is 1. The van der Waals surface area contributed by atoms with Crippen LogP contribution in [-0.2, 0) is 0 Å². The van der Waals surface area contributed by atoms with E-state index in [0.29, 0.717) is 22.1 Å². The van der Waals surface area contributed by atoms with E-state index in [4.69, 9.17) is 9.84 Å². The molecule has 0 aliphatic carbocycles. The van der Waals surface area contributed by atoms with Gasteiger partial charge in [0, 0.05) is 10.9 Å². The third-order valence-electron chi connectivity index (χ3n) is 3.75. The van der Waals surface area contributed by atoms with Crippen molar-refractivity contribution in [2.45, 2.75) is 18.3 Å². The van der Waals surface area contributed by atoms with Gasteiger partial charge in [0.05, 0.1) is 19.2 Å². The summed E-state index contributed by atoms with van der Waals surface area (Å²) < 4.78 is 45.9. The minimum atomic E-state index is -5.06. The van der Waals surface area contributed by atoms with Crippen LogP contribution in [0.3, 0.4) is 0 Å². The molecule has 1 aliphatic heterocycles. The van der Waals surface area contributed by atoms with E-state index in [9.17, 15) is 23.1 Å². The van der Waals surface area contributed by atoms with Crippen LogP contribution < -0.4 is 9.75 Å². The van der Waals surface area contributed by atoms with E-state index in [-0.39, 0.29) is 16.4 Å². The molecule has 0 bridgehead atoms. The quantitative estimate of drug-likeness (QED) is 0.838. The number of anilines is 1. The first kappa shape index (κ1) is 18.1. The summed E-state index contributed by atoms with van der Waals surface area (Å²) in [5.74, 6) is -1.10. The highest BCUT2D eigenvalue weighted by atomic mass is 32.1. The van der Waals surface area contributed by atoms with Crippen molar-refractivity contribution in [1.29, 1.82) is 0 Å². The number of carboxylic acid groups (broad SMARTS) is 1. The minimum Gasteiger partial charge on any atom is -0.496 e. The van der Waals surface area contributed by atoms with Crippen molar-refractivity contribution in [3.8, 4) is 5.75 Å². The van der Waals surface area contributed by atoms with Crippen LogP contribution in [-0.4, -0.2) is 45.9 Å². The molecule has 0 radical (unpaired) electrons. The Morgan fingerprint density at radius 3 is 2.65 bits per heavy atom. The molecule has 0 fully saturated rings. The lowest BCUT2D eigenvalue weighted by molar-refractivity contribution is -0.254. The van der Waals surface area contributed by atoms with Gasteiger partial charge in [0.2, 0.25) is 5.13 Å². The number of nitrogens with zero attached hydrogens (tertiary/aromatic N) is 3. The summed E-state index contributed by atoms with van der Waals surface area (Å²) in [7, 11) is 1.36. The Labute approximate surface area is 149 Å². The Hall–Kier alpha value is -2.66. The summed E-state index contributed by atoms with van der Waals surface area (Å²) >= 11 is 0.636. The monoisotopic (exact) mass is 387 g/mol. The number of alkyl halides is 3. The summed E-state index contributed by atoms with van der Waals surface area (Å²) in [5, 5.41) is 24.2. The van der Waals surface area contributed by atoms with E-state index in [1.165, 1.54) is 13.2 Å². The molecule has 1 aliphatic rings. The van der Waals surface area contributed by atoms with Gasteiger partial charge in [0.15, 0.2) is 5.69 Å². The molecular weight excluding hydrogens is 375 g/mol. The lowest BCUT2D eigenvalue weighted by Gasteiger charge is -2.32. The number of methoxy groups -OCH3 is 1. The second-order valence-electron chi connectivity index (χ2n) is 5.37. The van der Waals surface area contributed by atoms with Gasteiger partial charge in [0.25, 0.3) is 5.72 Å². The number of thiazole rings is 1. The topological polar surface area (TPSA) is 95.2 Å². The largest absolute Gasteiger partial charge is 0.496 e. The smallest absolute Gasteiger partial charge is 0.438 e. The predicted molar refractivity (Wildman–Crippen MR) is 86.7 cm³/mol. The molecule has 0 amide bonds. The van der Waals surface area contributed by atoms with Gasteiger partial charge in [0.1, 0.15) is 5.75 Å². The minimum absolute atomic E-state index is 0.0608. The maximum absolute atomic E-state index is 13.6. The number of ether oxygens (including phenoxy) is 1. The second kappa shape index (κ2) is 6.25. The van der Waals surface area contributed by atoms with Crippen molar-refractivity contribution >= 4 is 28.1 Å². The number of carboxylic acids is 1. The molecule has 26 heavy (non-hydrogen) atoms. The van der Waals surface area contributed by atoms with Crippen molar-refractivity contribution in [1.82, 2.24) is 4.98 Å². The second-order valence-corrected chi connectivity index (χ2v) is 6.21. The molecule has 0 spiro atoms. The molecular formula is C15H12F3N3O4S. The first-order chi connectivity index (χ1) is 12.2. The van der Waals surface area contributed by atoms with Crippen molar-refractivity contribution < 1.29 is 32.9 Å². The third-order valence-corrected chi connectivity index (χ3v) is 4.57. The third kappa shape index (κ3) is 2.88. The van der Waals surface area contributed by atoms with Crippen molar-refractivity contribution in [3.05, 3.63) is 40.9 Å². The Kier molecular flexibility index (Phi) is 4.36. The fourth-order valence-corrected chi connectivity index (χ4v) is 3.27. The molecule has 11 heteroatoms. The number of aromatic nitrogens is 1. The highest BCUT2D eigenvalue weighted by Crippen LogP contribution is 2.45. The summed E-state index contributed by atoms with van der Waals surface area (Å²) in [6, 6.07) is 6.31. The maximum Gasteiger partial charge on any atom is 0.438 e. The molecule has 0 saturated carbocycles. The van der Waals surface area contributed by atoms with Gasteiger partial charge in [-0.25, -0.2) is 9.78 Å². The summed E-state index contributed by atoms with van der Waals surface area (Å²) in [6.07, 6.45) is -5.92. The van der Waals surface area contributed by atoms with Crippen LogP contribution in [0.4, 0.5) is 18.3 Å². The number of benzene rings is 1. The molecule has 1 aromatic carbocycles. The number of carbonyl (C=O) groups is 1. The van der Waals surface area contributed by atoms with Gasteiger partial charge in [-0.3, -0.25) is 0 Å². The average molecular weight is 387 g/mol. The highest BCUT2D eigenvalue weighted by Gasteiger charge is 2.62. The lowest BCUT2D eigenvalue weighted by atomic mass is 10.0. The molecule has 138 valence electrons. The first-order valence-corrected chi connectivity index (χ1v) is 8.04. The van der Waals surface area contributed by atoms with Crippen LogP contribution in [0.1, 0.15) is 22.5 Å². The Morgan fingerprint density at radius 2 is 2.08 bits per heavy atom. The number of hydrogen-bond donors (Lipinski definition) is 2. The van der Waals surface area contributed by atoms with Gasteiger partial charge < -0.3 is 14.9 Å². The average Bonchev–Trinajstić information content (AvgIpc) is 3.19. The van der Waals surface area contributed by atoms with Gasteiger partial charge in [-0.05, 0) is 12.1 Å². The molecule has 1 atom stereocenters. The van der Waals surface area contributed by atoms with E-state index in [1.54, 1.807) is 18.2 Å². The zero-order valence-corrected chi connectivity index (χ0v) is 14.0. The van der Waals surface area contributed by atoms with Gasteiger partial charge in [-0.2, -0.15) is 23.3 Å². The molecule has 0 unspecified atom stereocenters. The molecule has 2 aromatic rings. The van der Waals surface area contributed by atoms with Gasteiger partial charge >= 0.3 is 12.1 Å². The summed E-state index contributed by atoms with van der Waals surface area (Å²) in [5.41, 5.74) is -3.56. The van der Waals surface area contributed by atoms with Crippen LogP contribution in [0.2, 0.25) is 0 Å². The van der Waals surface area contributed by atoms with Gasteiger partial charge in [-0.15, -0.1) is 11.3 Å². The summed E-state index contributed by atoms with van der Waals surface area (Å²) in [4.78, 5) is 14.6. The normalized spacial score (nSPS) is 20.2. The molecule has 2 heterocycles. The molecule has 1 aromatic heterocycles. The highest BCUT2D eigenvalue weighted by molar-refractivity contribution is 7.14. The van der Waals surface area contributed by atoms with Crippen LogP contribution >= 0.6 is 11.3 Å². The number of hydrazone groups is 1. The van der Waals surface area contributed by atoms with E-state index < -0.39 is 30.0 Å². The zero-order valence-electron chi connectivity index (χ0n) is 13.2. The van der Waals surface area contributed by atoms with Crippen LogP contribution in [0, 0.1) is 0 Å². The Balaban J connectivity index is 2.10. The van der Waals surface area contributed by atoms with E-state index in [1.807, 2.05) is 0 Å². The Bertz CT molecular complexity index is 883. The molecule has 0 saturated heterocycles. The SMILES string of the molecule is COc1ccccc1C1=NN(c2nc(C(=O)O)cs2)[C@](O)(C(F)(F)F)C1. The fraction of sp³-hybridized carbons (Fsp3) is 0.267. The molecule has 3 rings (SSSR count). The Morgan fingerprint density at radius 1 is 1.38 bits per heavy atom. The van der Waals surface area contributed by atoms with Crippen LogP contribution in [0.15, 0.2) is 34.7 Å². The number of rotatable bonds is 4. The summed E-state index contributed by atoms with van der Waals surface area (Å²) in [6.45, 7) is 0. The standard InChI is InChI=1S/C15H12F3N3O4S/c1-25-11-5-3-2-4-8(11)9-6-14(24,15(16,17)18)21(20-9)13-19-10(7-26-13)12(22)23/h2-5,7,24H,6H2,1H3,(H,22,23)/t14-/m1/s1. The number of halogens is 3. The van der Waals surface area contributed by atoms with E-state index in [0.717, 1.165) is 5.38 Å². The lowest BCUT2D eigenvalue weighted by Crippen LogP contribution is -2.55. The van der Waals surface area contributed by atoms with E-state index in [2.05, 4.69) is 10.1 Å². The predicted octanol–water partition coefficient (Wildman–Crippen LogP) is 2.72. The van der Waals surface area contributed by atoms with Crippen molar-refractivity contribution in [3.63, 3.8) is 0 Å². The first-order valence-electron chi connectivity index (χ1n) is 7.16. The maximum atomic E-state index is 13.6. The molecule has 7 nitrogen and oxygen atoms in total. The number of hydrogen-bond acceptors (Lipinski definition) is 7. The number of aromatic carboxylic acids is 1. The molecule has 2 N–H and O–H groups in total. The fourth-order valence-electron chi connectivity index (χ4n) is 2.46. The zero-order chi connectivity index (χ0) is 19.1.